The summed E-state index contributed by atoms with van der Waals surface area (Å²) in [5, 5.41) is 5.02. The maximum absolute atomic E-state index is 5.11. The van der Waals surface area contributed by atoms with E-state index in [1.807, 2.05) is 0 Å². The van der Waals surface area contributed by atoms with Crippen molar-refractivity contribution >= 4 is 43.0 Å². The van der Waals surface area contributed by atoms with Gasteiger partial charge in [-0.1, -0.05) is 90.0 Å². The molecule has 0 aromatic heterocycles. The molecule has 34 heavy (non-hydrogen) atoms. The molecular formula is C28H40Cl2FeN3. The Hall–Kier alpha value is -1.16. The first-order valence-corrected chi connectivity index (χ1v) is 14.8. The molecule has 0 saturated heterocycles. The third-order valence-corrected chi connectivity index (χ3v) is 6.01. The van der Waals surface area contributed by atoms with Gasteiger partial charge >= 0.3 is 33.3 Å². The zero-order chi connectivity index (χ0) is 26.0. The van der Waals surface area contributed by atoms with E-state index in [4.69, 9.17) is 35.5 Å². The summed E-state index contributed by atoms with van der Waals surface area (Å²) in [5.74, 6) is 0.867. The summed E-state index contributed by atoms with van der Waals surface area (Å²) in [4.78, 5) is 10.0. The Morgan fingerprint density at radius 2 is 1.06 bits per heavy atom. The molecule has 0 aliphatic carbocycles. The fourth-order valence-corrected chi connectivity index (χ4v) is 3.71. The first kappa shape index (κ1) is 30.9. The van der Waals surface area contributed by atoms with Gasteiger partial charge < -0.3 is 5.32 Å². The average Bonchev–Trinajstić information content (AvgIpc) is 2.76. The minimum atomic E-state index is 0.0262. The van der Waals surface area contributed by atoms with E-state index in [1.165, 1.54) is 22.3 Å². The van der Waals surface area contributed by atoms with E-state index >= 15 is 0 Å². The van der Waals surface area contributed by atoms with Crippen LogP contribution in [0.2, 0.25) is 0 Å². The summed E-state index contributed by atoms with van der Waals surface area (Å²) in [6, 6.07) is 12.9. The van der Waals surface area contributed by atoms with Crippen molar-refractivity contribution in [1.82, 2.24) is 0 Å². The Balaban J connectivity index is 0.00000182. The SMILES string of the molecule is CC(=Nc1c(C)cccc1C)C(C)[N-]C(C)C(C)=Nc1c(C(C)C)cccc1C(C)C.[Cl][Fe+][Cl]. The van der Waals surface area contributed by atoms with Crippen molar-refractivity contribution in [3.63, 3.8) is 0 Å². The Morgan fingerprint density at radius 3 is 1.44 bits per heavy atom. The molecule has 0 saturated carbocycles. The van der Waals surface area contributed by atoms with Crippen molar-refractivity contribution in [2.75, 3.05) is 0 Å². The quantitative estimate of drug-likeness (QED) is 0.234. The Kier molecular flexibility index (Phi) is 13.7. The van der Waals surface area contributed by atoms with Crippen LogP contribution in [0.4, 0.5) is 11.4 Å². The van der Waals surface area contributed by atoms with Crippen molar-refractivity contribution < 1.29 is 13.1 Å². The van der Waals surface area contributed by atoms with Crippen molar-refractivity contribution in [2.45, 2.75) is 93.2 Å². The van der Waals surface area contributed by atoms with E-state index in [2.05, 4.69) is 106 Å². The number of aliphatic imine (C=N–C) groups is 2. The van der Waals surface area contributed by atoms with Gasteiger partial charge in [0, 0.05) is 0 Å². The molecule has 0 fully saturated rings. The topological polar surface area (TPSA) is 38.8 Å². The summed E-state index contributed by atoms with van der Waals surface area (Å²) in [6.07, 6.45) is 0. The Labute approximate surface area is 222 Å². The standard InChI is InChI=1S/C28H40N3.2ClH.Fe/c1-17(2)25-15-12-16-26(18(3)4)28(25)31-24(10)22(8)29-21(7)23(9)30-27-19(5)13-11-14-20(27)6;;;/h11-18,21-22H,1-10H3;2*1H;/q-1;;;+3/p-2. The van der Waals surface area contributed by atoms with Gasteiger partial charge in [0.25, 0.3) is 0 Å². The second-order valence-corrected chi connectivity index (χ2v) is 11.2. The van der Waals surface area contributed by atoms with Gasteiger partial charge in [0.2, 0.25) is 0 Å². The molecule has 0 N–H and O–H groups in total. The molecule has 0 amide bonds. The van der Waals surface area contributed by atoms with Gasteiger partial charge in [0.05, 0.1) is 11.4 Å². The van der Waals surface area contributed by atoms with Crippen molar-refractivity contribution in [2.24, 2.45) is 9.98 Å². The number of para-hydroxylation sites is 2. The van der Waals surface area contributed by atoms with E-state index in [-0.39, 0.29) is 25.2 Å². The zero-order valence-corrected chi connectivity index (χ0v) is 24.8. The number of rotatable bonds is 8. The normalized spacial score (nSPS) is 14.2. The monoisotopic (exact) mass is 544 g/mol. The summed E-state index contributed by atoms with van der Waals surface area (Å²) in [7, 11) is 9.53. The zero-order valence-electron chi connectivity index (χ0n) is 22.2. The fourth-order valence-electron chi connectivity index (χ4n) is 3.71. The summed E-state index contributed by atoms with van der Waals surface area (Å²) in [6.45, 7) is 21.6. The first-order valence-electron chi connectivity index (χ1n) is 11.8. The summed E-state index contributed by atoms with van der Waals surface area (Å²) in [5.41, 5.74) is 9.27. The van der Waals surface area contributed by atoms with E-state index in [9.17, 15) is 0 Å². The second-order valence-electron chi connectivity index (χ2n) is 9.39. The molecule has 2 unspecified atom stereocenters. The predicted octanol–water partition coefficient (Wildman–Crippen LogP) is 9.96. The maximum atomic E-state index is 5.11. The molecule has 2 aromatic carbocycles. The van der Waals surface area contributed by atoms with Crippen LogP contribution < -0.4 is 0 Å². The number of hydrogen-bond donors (Lipinski definition) is 0. The van der Waals surface area contributed by atoms with Crippen LogP contribution in [0.1, 0.15) is 89.5 Å². The molecule has 2 atom stereocenters. The number of halogens is 2. The molecule has 0 aliphatic heterocycles. The Bertz CT molecular complexity index is 937. The van der Waals surface area contributed by atoms with E-state index < -0.39 is 0 Å². The second kappa shape index (κ2) is 15.1. The molecule has 6 heteroatoms. The molecule has 0 bridgehead atoms. The molecule has 189 valence electrons. The number of aryl methyl sites for hydroxylation is 2. The molecule has 2 aromatic rings. The van der Waals surface area contributed by atoms with Crippen molar-refractivity contribution in [1.29, 1.82) is 0 Å². The number of benzene rings is 2. The van der Waals surface area contributed by atoms with Gasteiger partial charge in [0.1, 0.15) is 0 Å². The van der Waals surface area contributed by atoms with Crippen molar-refractivity contribution in [3.8, 4) is 0 Å². The fraction of sp³-hybridized carbons (Fsp3) is 0.500. The van der Waals surface area contributed by atoms with Gasteiger partial charge in [-0.05, 0) is 73.2 Å². The van der Waals surface area contributed by atoms with E-state index in [0.29, 0.717) is 11.8 Å². The minimum absolute atomic E-state index is 0.0262. The van der Waals surface area contributed by atoms with Gasteiger partial charge in [-0.3, -0.25) is 9.98 Å². The first-order chi connectivity index (χ1) is 15.9. The predicted molar refractivity (Wildman–Crippen MR) is 150 cm³/mol. The van der Waals surface area contributed by atoms with Crippen LogP contribution in [-0.2, 0) is 13.1 Å². The van der Waals surface area contributed by atoms with Gasteiger partial charge in [0.15, 0.2) is 0 Å². The molecule has 2 rings (SSSR count). The molecule has 0 heterocycles. The van der Waals surface area contributed by atoms with Gasteiger partial charge in [-0.15, -0.1) is 0 Å². The number of nitrogens with zero attached hydrogens (tertiary/aromatic N) is 3. The van der Waals surface area contributed by atoms with E-state index in [1.54, 1.807) is 0 Å². The summed E-state index contributed by atoms with van der Waals surface area (Å²) >= 11 is 0.194. The van der Waals surface area contributed by atoms with Crippen LogP contribution in [0.3, 0.4) is 0 Å². The van der Waals surface area contributed by atoms with E-state index in [0.717, 1.165) is 22.8 Å². The number of hydrogen-bond acceptors (Lipinski definition) is 2. The third kappa shape index (κ3) is 9.13. The molecule has 0 radical (unpaired) electrons. The van der Waals surface area contributed by atoms with Gasteiger partial charge in [-0.2, -0.15) is 0 Å². The van der Waals surface area contributed by atoms with Crippen LogP contribution >= 0.6 is 20.2 Å². The van der Waals surface area contributed by atoms with Crippen LogP contribution in [0.5, 0.6) is 0 Å². The van der Waals surface area contributed by atoms with Crippen LogP contribution in [-0.4, -0.2) is 23.5 Å². The Morgan fingerprint density at radius 1 is 0.706 bits per heavy atom. The van der Waals surface area contributed by atoms with Gasteiger partial charge in [-0.25, -0.2) is 0 Å². The van der Waals surface area contributed by atoms with Crippen LogP contribution in [0.25, 0.3) is 5.32 Å². The van der Waals surface area contributed by atoms with Crippen molar-refractivity contribution in [3.05, 3.63) is 64.0 Å². The molecular weight excluding hydrogens is 505 g/mol. The molecule has 0 aliphatic rings. The van der Waals surface area contributed by atoms with Crippen LogP contribution in [0.15, 0.2) is 46.4 Å². The molecule has 3 nitrogen and oxygen atoms in total. The van der Waals surface area contributed by atoms with Crippen LogP contribution in [0, 0.1) is 13.8 Å². The average molecular weight is 545 g/mol. The third-order valence-electron chi connectivity index (χ3n) is 6.01. The molecule has 0 spiro atoms. The summed E-state index contributed by atoms with van der Waals surface area (Å²) < 4.78 is 0.